The van der Waals surface area contributed by atoms with Gasteiger partial charge in [-0.25, -0.2) is 0 Å². The van der Waals surface area contributed by atoms with Crippen LogP contribution in [0.1, 0.15) is 31.9 Å². The van der Waals surface area contributed by atoms with Crippen molar-refractivity contribution in [2.75, 3.05) is 19.8 Å². The van der Waals surface area contributed by atoms with Crippen LogP contribution in [0, 0.1) is 0 Å². The lowest BCUT2D eigenvalue weighted by atomic mass is 9.94. The number of aromatic nitrogens is 2. The molecule has 1 aliphatic heterocycles. The average Bonchev–Trinajstić information content (AvgIpc) is 2.78. The van der Waals surface area contributed by atoms with Crippen LogP contribution in [0.15, 0.2) is 12.3 Å². The van der Waals surface area contributed by atoms with E-state index in [0.29, 0.717) is 32.6 Å². The second-order valence-electron chi connectivity index (χ2n) is 4.99. The summed E-state index contributed by atoms with van der Waals surface area (Å²) in [5.41, 5.74) is 0.570. The Balaban J connectivity index is 1.78. The Morgan fingerprint density at radius 2 is 2.28 bits per heavy atom. The third-order valence-electron chi connectivity index (χ3n) is 3.42. The van der Waals surface area contributed by atoms with E-state index < -0.39 is 5.60 Å². The third kappa shape index (κ3) is 3.54. The third-order valence-corrected chi connectivity index (χ3v) is 3.42. The van der Waals surface area contributed by atoms with Crippen LogP contribution in [0.3, 0.4) is 0 Å². The van der Waals surface area contributed by atoms with Gasteiger partial charge in [0.25, 0.3) is 0 Å². The molecule has 0 aliphatic carbocycles. The number of hydrogen-bond acceptors (Lipinski definition) is 4. The Labute approximate surface area is 108 Å². The van der Waals surface area contributed by atoms with Crippen LogP contribution >= 0.6 is 0 Å². The summed E-state index contributed by atoms with van der Waals surface area (Å²) in [6, 6.07) is 2.02. The van der Waals surface area contributed by atoms with Gasteiger partial charge in [0, 0.05) is 51.9 Å². The zero-order valence-corrected chi connectivity index (χ0v) is 11.1. The highest BCUT2D eigenvalue weighted by atomic mass is 16.5. The molecule has 0 amide bonds. The summed E-state index contributed by atoms with van der Waals surface area (Å²) in [5, 5.41) is 17.9. The van der Waals surface area contributed by atoms with Crippen LogP contribution in [0.5, 0.6) is 0 Å². The van der Waals surface area contributed by atoms with Crippen LogP contribution in [0.2, 0.25) is 0 Å². The molecule has 0 atom stereocenters. The van der Waals surface area contributed by atoms with Crippen molar-refractivity contribution in [1.82, 2.24) is 15.1 Å². The molecule has 18 heavy (non-hydrogen) atoms. The van der Waals surface area contributed by atoms with E-state index in [2.05, 4.69) is 17.3 Å². The number of hydrogen-bond donors (Lipinski definition) is 2. The van der Waals surface area contributed by atoms with Gasteiger partial charge in [-0.2, -0.15) is 5.10 Å². The second-order valence-corrected chi connectivity index (χ2v) is 4.99. The second kappa shape index (κ2) is 6.31. The van der Waals surface area contributed by atoms with Crippen LogP contribution < -0.4 is 5.32 Å². The molecule has 1 aromatic rings. The Bertz CT molecular complexity index is 359. The highest BCUT2D eigenvalue weighted by molar-refractivity contribution is 5.00. The maximum Gasteiger partial charge on any atom is 0.0815 e. The number of aryl methyl sites for hydroxylation is 1. The van der Waals surface area contributed by atoms with Crippen molar-refractivity contribution in [3.8, 4) is 0 Å². The van der Waals surface area contributed by atoms with Crippen molar-refractivity contribution in [1.29, 1.82) is 0 Å². The van der Waals surface area contributed by atoms with E-state index in [0.717, 1.165) is 19.5 Å². The number of ether oxygens (including phenoxy) is 1. The van der Waals surface area contributed by atoms with E-state index in [1.165, 1.54) is 5.69 Å². The monoisotopic (exact) mass is 253 g/mol. The van der Waals surface area contributed by atoms with E-state index >= 15 is 0 Å². The van der Waals surface area contributed by atoms with Crippen molar-refractivity contribution >= 4 is 0 Å². The standard InChI is InChI=1S/C13H23N3O2/c1-2-7-16-12(3-6-15-16)10-14-11-13(17)4-8-18-9-5-13/h3,6,14,17H,2,4-5,7-11H2,1H3. The molecular weight excluding hydrogens is 230 g/mol. The predicted octanol–water partition coefficient (Wildman–Crippen LogP) is 0.924. The molecule has 1 saturated heterocycles. The molecule has 1 aliphatic rings. The van der Waals surface area contributed by atoms with Crippen molar-refractivity contribution < 1.29 is 9.84 Å². The minimum absolute atomic E-state index is 0.603. The van der Waals surface area contributed by atoms with Gasteiger partial charge in [0.05, 0.1) is 11.3 Å². The smallest absolute Gasteiger partial charge is 0.0815 e. The van der Waals surface area contributed by atoms with Gasteiger partial charge in [0.15, 0.2) is 0 Å². The van der Waals surface area contributed by atoms with Crippen LogP contribution in [-0.4, -0.2) is 40.2 Å². The summed E-state index contributed by atoms with van der Waals surface area (Å²) >= 11 is 0. The molecule has 5 nitrogen and oxygen atoms in total. The van der Waals surface area contributed by atoms with E-state index in [-0.39, 0.29) is 0 Å². The fourth-order valence-corrected chi connectivity index (χ4v) is 2.27. The van der Waals surface area contributed by atoms with Crippen LogP contribution in [-0.2, 0) is 17.8 Å². The van der Waals surface area contributed by atoms with Crippen LogP contribution in [0.4, 0.5) is 0 Å². The molecule has 2 N–H and O–H groups in total. The minimum atomic E-state index is -0.603. The summed E-state index contributed by atoms with van der Waals surface area (Å²) in [6.45, 7) is 5.78. The van der Waals surface area contributed by atoms with Gasteiger partial charge in [0.2, 0.25) is 0 Å². The average molecular weight is 253 g/mol. The first kappa shape index (κ1) is 13.5. The van der Waals surface area contributed by atoms with Crippen molar-refractivity contribution in [2.24, 2.45) is 0 Å². The summed E-state index contributed by atoms with van der Waals surface area (Å²) in [7, 11) is 0. The maximum atomic E-state index is 10.3. The molecule has 2 rings (SSSR count). The zero-order valence-electron chi connectivity index (χ0n) is 11.1. The Morgan fingerprint density at radius 3 is 3.00 bits per heavy atom. The SMILES string of the molecule is CCCn1nccc1CNCC1(O)CCOCC1. The van der Waals surface area contributed by atoms with Crippen molar-refractivity contribution in [2.45, 2.75) is 44.9 Å². The molecule has 0 radical (unpaired) electrons. The quantitative estimate of drug-likeness (QED) is 0.791. The summed E-state index contributed by atoms with van der Waals surface area (Å²) in [4.78, 5) is 0. The van der Waals surface area contributed by atoms with Gasteiger partial charge in [0.1, 0.15) is 0 Å². The largest absolute Gasteiger partial charge is 0.388 e. The topological polar surface area (TPSA) is 59.3 Å². The molecule has 2 heterocycles. The highest BCUT2D eigenvalue weighted by Gasteiger charge is 2.29. The molecule has 102 valence electrons. The lowest BCUT2D eigenvalue weighted by Gasteiger charge is -2.32. The van der Waals surface area contributed by atoms with Gasteiger partial charge in [-0.05, 0) is 12.5 Å². The van der Waals surface area contributed by atoms with E-state index in [9.17, 15) is 5.11 Å². The summed E-state index contributed by atoms with van der Waals surface area (Å²) < 4.78 is 7.28. The van der Waals surface area contributed by atoms with E-state index in [4.69, 9.17) is 4.74 Å². The van der Waals surface area contributed by atoms with Crippen molar-refractivity contribution in [3.05, 3.63) is 18.0 Å². The molecule has 0 bridgehead atoms. The van der Waals surface area contributed by atoms with E-state index in [1.54, 1.807) is 0 Å². The summed E-state index contributed by atoms with van der Waals surface area (Å²) in [6.07, 6.45) is 4.34. The first-order valence-electron chi connectivity index (χ1n) is 6.75. The Morgan fingerprint density at radius 1 is 1.50 bits per heavy atom. The number of nitrogens with zero attached hydrogens (tertiary/aromatic N) is 2. The number of nitrogens with one attached hydrogen (secondary N) is 1. The fraction of sp³-hybridized carbons (Fsp3) is 0.769. The number of aliphatic hydroxyl groups is 1. The van der Waals surface area contributed by atoms with Gasteiger partial charge in [-0.1, -0.05) is 6.92 Å². The summed E-state index contributed by atoms with van der Waals surface area (Å²) in [5.74, 6) is 0. The molecule has 0 unspecified atom stereocenters. The first-order chi connectivity index (χ1) is 8.73. The molecule has 0 saturated carbocycles. The molecule has 0 aromatic carbocycles. The predicted molar refractivity (Wildman–Crippen MR) is 69.2 cm³/mol. The molecular formula is C13H23N3O2. The normalized spacial score (nSPS) is 19.0. The maximum absolute atomic E-state index is 10.3. The lowest BCUT2D eigenvalue weighted by Crippen LogP contribution is -2.44. The number of rotatable bonds is 6. The van der Waals surface area contributed by atoms with Crippen LogP contribution in [0.25, 0.3) is 0 Å². The molecule has 0 spiro atoms. The van der Waals surface area contributed by atoms with Crippen molar-refractivity contribution in [3.63, 3.8) is 0 Å². The van der Waals surface area contributed by atoms with Gasteiger partial charge >= 0.3 is 0 Å². The minimum Gasteiger partial charge on any atom is -0.388 e. The Hall–Kier alpha value is -0.910. The van der Waals surface area contributed by atoms with Gasteiger partial charge < -0.3 is 15.2 Å². The van der Waals surface area contributed by atoms with Gasteiger partial charge in [-0.3, -0.25) is 4.68 Å². The molecule has 5 heteroatoms. The lowest BCUT2D eigenvalue weighted by molar-refractivity contribution is -0.0617. The Kier molecular flexibility index (Phi) is 4.74. The van der Waals surface area contributed by atoms with Gasteiger partial charge in [-0.15, -0.1) is 0 Å². The molecule has 1 fully saturated rings. The van der Waals surface area contributed by atoms with E-state index in [1.807, 2.05) is 16.9 Å². The molecule has 1 aromatic heterocycles. The fourth-order valence-electron chi connectivity index (χ4n) is 2.27. The first-order valence-corrected chi connectivity index (χ1v) is 6.75. The highest BCUT2D eigenvalue weighted by Crippen LogP contribution is 2.19. The zero-order chi connectivity index (χ0) is 12.8.